The zero-order valence-electron chi connectivity index (χ0n) is 9.44. The van der Waals surface area contributed by atoms with Crippen LogP contribution in [0.15, 0.2) is 16.6 Å². The summed E-state index contributed by atoms with van der Waals surface area (Å²) in [4.78, 5) is 22.3. The maximum Gasteiger partial charge on any atom is 0.303 e. The van der Waals surface area contributed by atoms with Gasteiger partial charge in [-0.25, -0.2) is 0 Å². The number of carbonyl (C=O) groups excluding carboxylic acids is 1. The van der Waals surface area contributed by atoms with Gasteiger partial charge in [-0.05, 0) is 28.1 Å². The van der Waals surface area contributed by atoms with E-state index in [-0.39, 0.29) is 18.6 Å². The third-order valence-corrected chi connectivity index (χ3v) is 3.15. The molecule has 1 aliphatic heterocycles. The molecule has 1 aromatic rings. The molecule has 0 aliphatic carbocycles. The molecule has 18 heavy (non-hydrogen) atoms. The summed E-state index contributed by atoms with van der Waals surface area (Å²) >= 11 is 3.28. The van der Waals surface area contributed by atoms with Gasteiger partial charge in [-0.15, -0.1) is 0 Å². The third-order valence-electron chi connectivity index (χ3n) is 2.50. The van der Waals surface area contributed by atoms with Crippen LogP contribution in [0.25, 0.3) is 0 Å². The number of fused-ring (bicyclic) bond motifs is 1. The van der Waals surface area contributed by atoms with Crippen LogP contribution in [0.2, 0.25) is 0 Å². The highest BCUT2D eigenvalue weighted by atomic mass is 79.9. The molecule has 1 heterocycles. The molecule has 0 bridgehead atoms. The summed E-state index contributed by atoms with van der Waals surface area (Å²) in [5, 5.41) is 8.56. The maximum absolute atomic E-state index is 11.9. The molecule has 0 radical (unpaired) electrons. The minimum absolute atomic E-state index is 0.0341. The number of ketones is 1. The molecule has 2 rings (SSSR count). The normalized spacial score (nSPS) is 13.2. The van der Waals surface area contributed by atoms with Crippen LogP contribution in [0.1, 0.15) is 23.2 Å². The van der Waals surface area contributed by atoms with Crippen LogP contribution < -0.4 is 9.47 Å². The van der Waals surface area contributed by atoms with Crippen molar-refractivity contribution in [1.29, 1.82) is 0 Å². The number of rotatable bonds is 4. The number of halogens is 1. The number of ether oxygens (including phenoxy) is 2. The van der Waals surface area contributed by atoms with E-state index >= 15 is 0 Å². The van der Waals surface area contributed by atoms with E-state index in [1.54, 1.807) is 12.1 Å². The van der Waals surface area contributed by atoms with Crippen molar-refractivity contribution >= 4 is 27.7 Å². The number of aliphatic carboxylic acids is 1. The molecule has 0 spiro atoms. The summed E-state index contributed by atoms with van der Waals surface area (Å²) in [6.07, 6.45) is -0.215. The number of carbonyl (C=O) groups is 2. The topological polar surface area (TPSA) is 72.8 Å². The summed E-state index contributed by atoms with van der Waals surface area (Å²) in [7, 11) is 0. The van der Waals surface area contributed by atoms with Crippen LogP contribution in [0.4, 0.5) is 0 Å². The number of benzene rings is 1. The highest BCUT2D eigenvalue weighted by molar-refractivity contribution is 9.10. The van der Waals surface area contributed by atoms with Gasteiger partial charge in [0.2, 0.25) is 0 Å². The van der Waals surface area contributed by atoms with E-state index < -0.39 is 5.97 Å². The second-order valence-corrected chi connectivity index (χ2v) is 4.65. The molecule has 96 valence electrons. The lowest BCUT2D eigenvalue weighted by molar-refractivity contribution is -0.136. The fourth-order valence-corrected chi connectivity index (χ4v) is 2.18. The first-order valence-electron chi connectivity index (χ1n) is 5.42. The fraction of sp³-hybridized carbons (Fsp3) is 0.333. The van der Waals surface area contributed by atoms with E-state index in [1.807, 2.05) is 0 Å². The van der Waals surface area contributed by atoms with Crippen molar-refractivity contribution in [2.75, 3.05) is 13.2 Å². The van der Waals surface area contributed by atoms with Crippen molar-refractivity contribution in [3.8, 4) is 11.5 Å². The van der Waals surface area contributed by atoms with E-state index in [4.69, 9.17) is 14.6 Å². The zero-order valence-corrected chi connectivity index (χ0v) is 11.0. The monoisotopic (exact) mass is 314 g/mol. The van der Waals surface area contributed by atoms with Gasteiger partial charge in [0.15, 0.2) is 17.3 Å². The lowest BCUT2D eigenvalue weighted by Crippen LogP contribution is -2.16. The predicted octanol–water partition coefficient (Wildman–Crippen LogP) is 2.27. The molecule has 5 nitrogen and oxygen atoms in total. The Hall–Kier alpha value is -1.56. The lowest BCUT2D eigenvalue weighted by Gasteiger charge is -2.19. The zero-order chi connectivity index (χ0) is 13.1. The second-order valence-electron chi connectivity index (χ2n) is 3.79. The van der Waals surface area contributed by atoms with E-state index in [0.29, 0.717) is 34.7 Å². The average Bonchev–Trinajstić information content (AvgIpc) is 2.35. The Morgan fingerprint density at radius 1 is 1.17 bits per heavy atom. The average molecular weight is 315 g/mol. The van der Waals surface area contributed by atoms with Crippen molar-refractivity contribution in [3.05, 3.63) is 22.2 Å². The first kappa shape index (κ1) is 12.9. The third kappa shape index (κ3) is 2.81. The molecule has 0 fully saturated rings. The Morgan fingerprint density at radius 2 is 1.78 bits per heavy atom. The molecule has 0 atom stereocenters. The van der Waals surface area contributed by atoms with Crippen molar-refractivity contribution in [2.24, 2.45) is 0 Å². The highest BCUT2D eigenvalue weighted by Crippen LogP contribution is 2.36. The summed E-state index contributed by atoms with van der Waals surface area (Å²) in [6.45, 7) is 0.920. The van der Waals surface area contributed by atoms with Gasteiger partial charge in [0.05, 0.1) is 6.42 Å². The number of Topliss-reactive ketones (excluding diaryl/α,β-unsaturated/α-hetero) is 1. The molecular formula is C12H11BrO5. The molecule has 1 aliphatic rings. The van der Waals surface area contributed by atoms with Crippen LogP contribution >= 0.6 is 15.9 Å². The molecule has 1 aromatic carbocycles. The van der Waals surface area contributed by atoms with E-state index in [1.165, 1.54) is 0 Å². The SMILES string of the molecule is O=C(O)CCC(=O)c1cc2c(cc1Br)OCCO2. The standard InChI is InChI=1S/C12H11BrO5/c13-8-6-11-10(17-3-4-18-11)5-7(8)9(14)1-2-12(15)16/h5-6H,1-4H2,(H,15,16). The number of hydrogen-bond donors (Lipinski definition) is 1. The molecule has 6 heteroatoms. The van der Waals surface area contributed by atoms with Gasteiger partial charge in [0, 0.05) is 16.5 Å². The van der Waals surface area contributed by atoms with Gasteiger partial charge in [0.1, 0.15) is 13.2 Å². The highest BCUT2D eigenvalue weighted by Gasteiger charge is 2.19. The molecule has 0 saturated heterocycles. The van der Waals surface area contributed by atoms with Gasteiger partial charge in [-0.2, -0.15) is 0 Å². The maximum atomic E-state index is 11.9. The van der Waals surface area contributed by atoms with Gasteiger partial charge in [-0.1, -0.05) is 0 Å². The van der Waals surface area contributed by atoms with E-state index in [9.17, 15) is 9.59 Å². The molecule has 1 N–H and O–H groups in total. The van der Waals surface area contributed by atoms with E-state index in [2.05, 4.69) is 15.9 Å². The first-order chi connectivity index (χ1) is 8.58. The van der Waals surface area contributed by atoms with Crippen LogP contribution in [0.3, 0.4) is 0 Å². The molecule has 0 aromatic heterocycles. The van der Waals surface area contributed by atoms with Gasteiger partial charge in [-0.3, -0.25) is 9.59 Å². The number of carboxylic acid groups (broad SMARTS) is 1. The lowest BCUT2D eigenvalue weighted by atomic mass is 10.1. The Labute approximate surface area is 112 Å². The fourth-order valence-electron chi connectivity index (χ4n) is 1.63. The van der Waals surface area contributed by atoms with Gasteiger partial charge in [0.25, 0.3) is 0 Å². The largest absolute Gasteiger partial charge is 0.486 e. The molecule has 0 amide bonds. The number of hydrogen-bond acceptors (Lipinski definition) is 4. The van der Waals surface area contributed by atoms with Gasteiger partial charge < -0.3 is 14.6 Å². The predicted molar refractivity (Wildman–Crippen MR) is 66.3 cm³/mol. The minimum atomic E-state index is -0.989. The molecular weight excluding hydrogens is 304 g/mol. The van der Waals surface area contributed by atoms with Crippen LogP contribution in [0.5, 0.6) is 11.5 Å². The second kappa shape index (κ2) is 5.39. The van der Waals surface area contributed by atoms with Crippen LogP contribution in [-0.4, -0.2) is 30.1 Å². The van der Waals surface area contributed by atoms with Crippen molar-refractivity contribution < 1.29 is 24.2 Å². The van der Waals surface area contributed by atoms with E-state index in [0.717, 1.165) is 0 Å². The van der Waals surface area contributed by atoms with Gasteiger partial charge >= 0.3 is 5.97 Å². The Balaban J connectivity index is 2.22. The molecule has 0 saturated carbocycles. The smallest absolute Gasteiger partial charge is 0.303 e. The van der Waals surface area contributed by atoms with Crippen molar-refractivity contribution in [2.45, 2.75) is 12.8 Å². The summed E-state index contributed by atoms with van der Waals surface area (Å²) in [5.74, 6) is -0.121. The Morgan fingerprint density at radius 3 is 2.39 bits per heavy atom. The first-order valence-corrected chi connectivity index (χ1v) is 6.21. The van der Waals surface area contributed by atoms with Crippen LogP contribution in [-0.2, 0) is 4.79 Å². The van der Waals surface area contributed by atoms with Crippen molar-refractivity contribution in [3.63, 3.8) is 0 Å². The summed E-state index contributed by atoms with van der Waals surface area (Å²) in [6, 6.07) is 3.26. The Bertz CT molecular complexity index is 497. The quantitative estimate of drug-likeness (QED) is 0.863. The summed E-state index contributed by atoms with van der Waals surface area (Å²) < 4.78 is 11.3. The van der Waals surface area contributed by atoms with Crippen LogP contribution in [0, 0.1) is 0 Å². The Kier molecular flexibility index (Phi) is 3.86. The number of carboxylic acids is 1. The summed E-state index contributed by atoms with van der Waals surface area (Å²) in [5.41, 5.74) is 0.417. The minimum Gasteiger partial charge on any atom is -0.486 e. The molecule has 0 unspecified atom stereocenters. The van der Waals surface area contributed by atoms with Crippen molar-refractivity contribution in [1.82, 2.24) is 0 Å².